The summed E-state index contributed by atoms with van der Waals surface area (Å²) in [5.74, 6) is 1.80. The normalized spacial score (nSPS) is 23.6. The van der Waals surface area contributed by atoms with Gasteiger partial charge < -0.3 is 20.4 Å². The van der Waals surface area contributed by atoms with Crippen molar-refractivity contribution in [3.8, 4) is 0 Å². The topological polar surface area (TPSA) is 98.8 Å². The largest absolute Gasteiger partial charge is 0.352 e. The third kappa shape index (κ3) is 5.81. The second-order valence-corrected chi connectivity index (χ2v) is 9.59. The number of carbonyl (C=O) groups is 4. The summed E-state index contributed by atoms with van der Waals surface area (Å²) in [6, 6.07) is -0.939. The van der Waals surface area contributed by atoms with Gasteiger partial charge in [0.2, 0.25) is 23.6 Å². The molecule has 29 heavy (non-hydrogen) atoms. The molecule has 0 aliphatic carbocycles. The number of amides is 4. The maximum Gasteiger partial charge on any atom is 0.244 e. The van der Waals surface area contributed by atoms with E-state index in [2.05, 4.69) is 10.6 Å². The first-order valence-electron chi connectivity index (χ1n) is 10.1. The Morgan fingerprint density at radius 3 is 1.83 bits per heavy atom. The van der Waals surface area contributed by atoms with Crippen LogP contribution >= 0.6 is 23.5 Å². The van der Waals surface area contributed by atoms with Gasteiger partial charge in [-0.3, -0.25) is 19.2 Å². The van der Waals surface area contributed by atoms with Crippen LogP contribution in [-0.4, -0.2) is 80.9 Å². The minimum absolute atomic E-state index is 0.0267. The van der Waals surface area contributed by atoms with Crippen LogP contribution in [0.15, 0.2) is 0 Å². The van der Waals surface area contributed by atoms with Crippen molar-refractivity contribution < 1.29 is 19.2 Å². The number of rotatable bonds is 8. The van der Waals surface area contributed by atoms with Gasteiger partial charge in [0, 0.05) is 30.9 Å². The number of nitrogens with zero attached hydrogens (tertiary/aromatic N) is 2. The fraction of sp³-hybridized carbons (Fsp3) is 0.789. The average molecular weight is 445 g/mol. The average Bonchev–Trinajstić information content (AvgIpc) is 3.40. The predicted octanol–water partition coefficient (Wildman–Crippen LogP) is 1.01. The third-order valence-corrected chi connectivity index (χ3v) is 7.50. The van der Waals surface area contributed by atoms with Crippen LogP contribution in [0.5, 0.6) is 0 Å². The second kappa shape index (κ2) is 10.6. The van der Waals surface area contributed by atoms with E-state index in [9.17, 15) is 19.2 Å². The Morgan fingerprint density at radius 2 is 1.38 bits per heavy atom. The van der Waals surface area contributed by atoms with Gasteiger partial charge in [-0.15, -0.1) is 23.5 Å². The summed E-state index contributed by atoms with van der Waals surface area (Å²) in [5, 5.41) is 5.96. The molecule has 0 aromatic heterocycles. The summed E-state index contributed by atoms with van der Waals surface area (Å²) in [5.41, 5.74) is -0.633. The van der Waals surface area contributed by atoms with E-state index in [0.717, 1.165) is 0 Å². The number of thioether (sulfide) groups is 2. The van der Waals surface area contributed by atoms with Crippen LogP contribution in [-0.2, 0) is 19.2 Å². The lowest BCUT2D eigenvalue weighted by atomic mass is 9.97. The van der Waals surface area contributed by atoms with Crippen molar-refractivity contribution in [1.29, 1.82) is 0 Å². The Hall–Kier alpha value is -1.42. The summed E-state index contributed by atoms with van der Waals surface area (Å²) in [7, 11) is 0. The highest BCUT2D eigenvalue weighted by Gasteiger charge is 2.38. The molecule has 2 saturated heterocycles. The van der Waals surface area contributed by atoms with Gasteiger partial charge in [0.25, 0.3) is 0 Å². The van der Waals surface area contributed by atoms with Crippen molar-refractivity contribution in [1.82, 2.24) is 20.4 Å². The number of nitrogens with one attached hydrogen (secondary N) is 2. The van der Waals surface area contributed by atoms with Crippen LogP contribution in [0.25, 0.3) is 0 Å². The fourth-order valence-corrected chi connectivity index (χ4v) is 5.62. The van der Waals surface area contributed by atoms with Crippen LogP contribution < -0.4 is 10.6 Å². The molecule has 4 amide bonds. The van der Waals surface area contributed by atoms with Crippen molar-refractivity contribution in [2.45, 2.75) is 64.6 Å². The first-order valence-corrected chi connectivity index (χ1v) is 12.4. The third-order valence-electron chi connectivity index (χ3n) is 5.47. The number of carbonyl (C=O) groups excluding carboxylic acids is 4. The standard InChI is InChI=1S/C19H32N4O4S2/c1-5-15(24)22-11-28-8-13(22)17(26)20-10-19(4,7-3)21-18(27)14-9-29-12-23(14)16(25)6-2/h13-14H,5-12H2,1-4H3,(H,20,26)(H,21,27)/t13-,14+,19-/m1/s1. The molecule has 0 aromatic rings. The molecule has 0 unspecified atom stereocenters. The molecule has 2 aliphatic rings. The Morgan fingerprint density at radius 1 is 0.897 bits per heavy atom. The summed E-state index contributed by atoms with van der Waals surface area (Å²) in [6.07, 6.45) is 1.37. The molecule has 2 N–H and O–H groups in total. The maximum atomic E-state index is 12.8. The van der Waals surface area contributed by atoms with Crippen molar-refractivity contribution in [2.75, 3.05) is 29.8 Å². The quantitative estimate of drug-likeness (QED) is 0.580. The zero-order chi connectivity index (χ0) is 21.6. The van der Waals surface area contributed by atoms with E-state index < -0.39 is 17.6 Å². The number of hydrogen-bond donors (Lipinski definition) is 2. The molecular formula is C19H32N4O4S2. The number of hydrogen-bond acceptors (Lipinski definition) is 6. The molecule has 0 saturated carbocycles. The molecule has 10 heteroatoms. The minimum Gasteiger partial charge on any atom is -0.352 e. The lowest BCUT2D eigenvalue weighted by Crippen LogP contribution is -2.59. The van der Waals surface area contributed by atoms with Gasteiger partial charge in [-0.1, -0.05) is 20.8 Å². The Kier molecular flexibility index (Phi) is 8.69. The van der Waals surface area contributed by atoms with E-state index in [0.29, 0.717) is 42.5 Å². The first-order chi connectivity index (χ1) is 13.8. The molecular weight excluding hydrogens is 412 g/mol. The first kappa shape index (κ1) is 23.9. The van der Waals surface area contributed by atoms with Crippen molar-refractivity contribution >= 4 is 47.2 Å². The molecule has 0 spiro atoms. The molecule has 8 nitrogen and oxygen atoms in total. The smallest absolute Gasteiger partial charge is 0.244 e. The van der Waals surface area contributed by atoms with Crippen molar-refractivity contribution in [2.24, 2.45) is 0 Å². The summed E-state index contributed by atoms with van der Waals surface area (Å²) in [6.45, 7) is 7.68. The van der Waals surface area contributed by atoms with E-state index in [4.69, 9.17) is 0 Å². The Labute approximate surface area is 181 Å². The van der Waals surface area contributed by atoms with E-state index in [1.807, 2.05) is 13.8 Å². The lowest BCUT2D eigenvalue weighted by molar-refractivity contribution is -0.139. The molecule has 164 valence electrons. The molecule has 0 aromatic carbocycles. The van der Waals surface area contributed by atoms with Gasteiger partial charge in [0.05, 0.1) is 17.3 Å². The van der Waals surface area contributed by atoms with E-state index in [1.54, 1.807) is 47.2 Å². The van der Waals surface area contributed by atoms with E-state index in [1.165, 1.54) is 0 Å². The Bertz CT molecular complexity index is 648. The molecule has 2 aliphatic heterocycles. The summed E-state index contributed by atoms with van der Waals surface area (Å²) < 4.78 is 0. The Balaban J connectivity index is 1.95. The molecule has 2 rings (SSSR count). The van der Waals surface area contributed by atoms with Gasteiger partial charge in [-0.2, -0.15) is 0 Å². The SMILES string of the molecule is CCC(=O)N1CSC[C@@H]1C(=O)NC[C@@](C)(CC)NC(=O)[C@@H]1CSCN1C(=O)CC. The van der Waals surface area contributed by atoms with Crippen LogP contribution in [0, 0.1) is 0 Å². The molecule has 0 radical (unpaired) electrons. The van der Waals surface area contributed by atoms with E-state index in [-0.39, 0.29) is 30.2 Å². The van der Waals surface area contributed by atoms with Gasteiger partial charge in [-0.05, 0) is 13.3 Å². The highest BCUT2D eigenvalue weighted by atomic mass is 32.2. The zero-order valence-electron chi connectivity index (χ0n) is 17.7. The molecule has 0 bridgehead atoms. The monoisotopic (exact) mass is 444 g/mol. The minimum atomic E-state index is -0.633. The van der Waals surface area contributed by atoms with Crippen LogP contribution in [0.4, 0.5) is 0 Å². The van der Waals surface area contributed by atoms with Crippen LogP contribution in [0.1, 0.15) is 47.0 Å². The van der Waals surface area contributed by atoms with E-state index >= 15 is 0 Å². The summed E-state index contributed by atoms with van der Waals surface area (Å²) >= 11 is 3.14. The maximum absolute atomic E-state index is 12.8. The highest BCUT2D eigenvalue weighted by Crippen LogP contribution is 2.24. The second-order valence-electron chi connectivity index (χ2n) is 7.59. The zero-order valence-corrected chi connectivity index (χ0v) is 19.3. The summed E-state index contributed by atoms with van der Waals surface area (Å²) in [4.78, 5) is 52.9. The van der Waals surface area contributed by atoms with Gasteiger partial charge >= 0.3 is 0 Å². The fourth-order valence-electron chi connectivity index (χ4n) is 3.26. The predicted molar refractivity (Wildman–Crippen MR) is 116 cm³/mol. The van der Waals surface area contributed by atoms with Gasteiger partial charge in [0.15, 0.2) is 0 Å². The lowest BCUT2D eigenvalue weighted by Gasteiger charge is -2.33. The molecule has 2 fully saturated rings. The molecule has 2 heterocycles. The van der Waals surface area contributed by atoms with Crippen LogP contribution in [0.3, 0.4) is 0 Å². The molecule has 3 atom stereocenters. The van der Waals surface area contributed by atoms with Crippen LogP contribution in [0.2, 0.25) is 0 Å². The highest BCUT2D eigenvalue weighted by molar-refractivity contribution is 7.99. The van der Waals surface area contributed by atoms with Crippen molar-refractivity contribution in [3.63, 3.8) is 0 Å². The van der Waals surface area contributed by atoms with Gasteiger partial charge in [-0.25, -0.2) is 0 Å². The van der Waals surface area contributed by atoms with Crippen molar-refractivity contribution in [3.05, 3.63) is 0 Å². The van der Waals surface area contributed by atoms with Gasteiger partial charge in [0.1, 0.15) is 12.1 Å².